The molecule has 0 unspecified atom stereocenters. The van der Waals surface area contributed by atoms with E-state index in [-0.39, 0.29) is 11.9 Å². The van der Waals surface area contributed by atoms with Gasteiger partial charge in [0, 0.05) is 6.54 Å². The highest BCUT2D eigenvalue weighted by Crippen LogP contribution is 2.17. The van der Waals surface area contributed by atoms with Gasteiger partial charge in [-0.05, 0) is 28.4 Å². The van der Waals surface area contributed by atoms with Gasteiger partial charge in [-0.3, -0.25) is 14.8 Å². The molecule has 2 heterocycles. The zero-order chi connectivity index (χ0) is 16.2. The van der Waals surface area contributed by atoms with E-state index in [2.05, 4.69) is 36.4 Å². The monoisotopic (exact) mass is 374 g/mol. The summed E-state index contributed by atoms with van der Waals surface area (Å²) in [6, 6.07) is 9.93. The summed E-state index contributed by atoms with van der Waals surface area (Å²) in [6.45, 7) is 3.12. The third-order valence-electron chi connectivity index (χ3n) is 3.26. The van der Waals surface area contributed by atoms with Gasteiger partial charge in [-0.15, -0.1) is 5.10 Å². The van der Waals surface area contributed by atoms with Gasteiger partial charge >= 0.3 is 0 Å². The Morgan fingerprint density at radius 2 is 2.09 bits per heavy atom. The van der Waals surface area contributed by atoms with Gasteiger partial charge in [0.1, 0.15) is 12.0 Å². The Hall–Kier alpha value is -2.48. The number of nitrogens with zero attached hydrogens (tertiary/aromatic N) is 5. The molecule has 0 fully saturated rings. The maximum absolute atomic E-state index is 12.4. The Kier molecular flexibility index (Phi) is 4.52. The van der Waals surface area contributed by atoms with Crippen LogP contribution in [0.25, 0.3) is 0 Å². The predicted octanol–water partition coefficient (Wildman–Crippen LogP) is 2.56. The maximum atomic E-state index is 12.4. The largest absolute Gasteiger partial charge is 0.288 e. The Morgan fingerprint density at radius 3 is 2.83 bits per heavy atom. The van der Waals surface area contributed by atoms with Gasteiger partial charge < -0.3 is 0 Å². The summed E-state index contributed by atoms with van der Waals surface area (Å²) >= 11 is 3.33. The van der Waals surface area contributed by atoms with Crippen molar-refractivity contribution in [1.29, 1.82) is 0 Å². The highest BCUT2D eigenvalue weighted by atomic mass is 79.9. The van der Waals surface area contributed by atoms with Gasteiger partial charge in [-0.25, -0.2) is 9.67 Å². The summed E-state index contributed by atoms with van der Waals surface area (Å²) < 4.78 is 3.93. The summed E-state index contributed by atoms with van der Waals surface area (Å²) in [5, 5.41) is 11.1. The van der Waals surface area contributed by atoms with Gasteiger partial charge in [-0.2, -0.15) is 5.10 Å². The van der Waals surface area contributed by atoms with E-state index >= 15 is 0 Å². The van der Waals surface area contributed by atoms with E-state index in [1.54, 1.807) is 21.9 Å². The number of carbonyl (C=O) groups excluding carboxylic acids is 1. The summed E-state index contributed by atoms with van der Waals surface area (Å²) in [5.74, 6) is -0.0321. The van der Waals surface area contributed by atoms with Crippen LogP contribution in [-0.2, 0) is 13.1 Å². The molecule has 7 nitrogen and oxygen atoms in total. The number of aryl methyl sites for hydroxylation is 1. The Labute approximate surface area is 141 Å². The predicted molar refractivity (Wildman–Crippen MR) is 89.1 cm³/mol. The molecule has 118 valence electrons. The lowest BCUT2D eigenvalue weighted by Gasteiger charge is -2.04. The van der Waals surface area contributed by atoms with Gasteiger partial charge in [0.25, 0.3) is 5.91 Å². The second-order valence-corrected chi connectivity index (χ2v) is 5.72. The number of halogens is 1. The first-order valence-corrected chi connectivity index (χ1v) is 7.92. The van der Waals surface area contributed by atoms with Crippen molar-refractivity contribution in [2.45, 2.75) is 20.0 Å². The summed E-state index contributed by atoms with van der Waals surface area (Å²) in [4.78, 5) is 16.5. The number of nitrogens with one attached hydrogen (secondary N) is 1. The second kappa shape index (κ2) is 6.74. The van der Waals surface area contributed by atoms with Crippen LogP contribution in [0.15, 0.2) is 47.3 Å². The van der Waals surface area contributed by atoms with Crippen molar-refractivity contribution in [3.63, 3.8) is 0 Å². The highest BCUT2D eigenvalue weighted by molar-refractivity contribution is 9.10. The zero-order valence-electron chi connectivity index (χ0n) is 12.5. The molecule has 0 radical (unpaired) electrons. The lowest BCUT2D eigenvalue weighted by Crippen LogP contribution is -2.19. The number of amides is 1. The molecule has 0 aliphatic heterocycles. The normalized spacial score (nSPS) is 10.7. The molecule has 0 spiro atoms. The zero-order valence-corrected chi connectivity index (χ0v) is 14.1. The molecule has 1 amide bonds. The average molecular weight is 375 g/mol. The number of hydrogen-bond donors (Lipinski definition) is 1. The van der Waals surface area contributed by atoms with Crippen LogP contribution in [0.1, 0.15) is 23.0 Å². The molecule has 23 heavy (non-hydrogen) atoms. The van der Waals surface area contributed by atoms with Crippen LogP contribution in [0.3, 0.4) is 0 Å². The number of benzene rings is 1. The van der Waals surface area contributed by atoms with E-state index in [9.17, 15) is 4.79 Å². The maximum Gasteiger partial charge on any atom is 0.277 e. The Morgan fingerprint density at radius 1 is 1.30 bits per heavy atom. The first-order chi connectivity index (χ1) is 11.2. The van der Waals surface area contributed by atoms with Gasteiger partial charge in [0.2, 0.25) is 5.95 Å². The minimum Gasteiger partial charge on any atom is -0.288 e. The molecule has 1 aromatic carbocycles. The molecule has 3 aromatic rings. The molecule has 0 saturated heterocycles. The number of anilines is 1. The molecule has 0 aliphatic carbocycles. The van der Waals surface area contributed by atoms with E-state index < -0.39 is 0 Å². The minimum absolute atomic E-state index is 0.265. The van der Waals surface area contributed by atoms with Crippen LogP contribution in [-0.4, -0.2) is 30.5 Å². The van der Waals surface area contributed by atoms with Crippen LogP contribution in [0, 0.1) is 0 Å². The Balaban J connectivity index is 1.71. The van der Waals surface area contributed by atoms with E-state index in [4.69, 9.17) is 0 Å². The fraction of sp³-hybridized carbons (Fsp3) is 0.200. The lowest BCUT2D eigenvalue weighted by atomic mass is 10.2. The van der Waals surface area contributed by atoms with E-state index in [1.165, 1.54) is 0 Å². The van der Waals surface area contributed by atoms with Gasteiger partial charge in [-0.1, -0.05) is 30.3 Å². The van der Waals surface area contributed by atoms with E-state index in [1.807, 2.05) is 37.3 Å². The third-order valence-corrected chi connectivity index (χ3v) is 3.84. The fourth-order valence-electron chi connectivity index (χ4n) is 2.19. The molecule has 0 aliphatic rings. The van der Waals surface area contributed by atoms with Crippen molar-refractivity contribution < 1.29 is 4.79 Å². The highest BCUT2D eigenvalue weighted by Gasteiger charge is 2.18. The van der Waals surface area contributed by atoms with Crippen LogP contribution in [0.5, 0.6) is 0 Å². The molecule has 2 aromatic heterocycles. The molecule has 1 N–H and O–H groups in total. The summed E-state index contributed by atoms with van der Waals surface area (Å²) in [5.41, 5.74) is 1.56. The van der Waals surface area contributed by atoms with Crippen molar-refractivity contribution >= 4 is 27.8 Å². The van der Waals surface area contributed by atoms with Crippen molar-refractivity contribution in [2.75, 3.05) is 5.32 Å². The fourth-order valence-corrected chi connectivity index (χ4v) is 2.66. The van der Waals surface area contributed by atoms with E-state index in [0.29, 0.717) is 23.3 Å². The molecule has 0 atom stereocenters. The van der Waals surface area contributed by atoms with Crippen molar-refractivity contribution in [1.82, 2.24) is 24.5 Å². The number of aromatic nitrogens is 5. The SMILES string of the molecule is CCn1ncc(Br)c1C(=O)Nc1ncn(Cc2ccccc2)n1. The second-order valence-electron chi connectivity index (χ2n) is 4.86. The van der Waals surface area contributed by atoms with E-state index in [0.717, 1.165) is 5.56 Å². The topological polar surface area (TPSA) is 77.6 Å². The van der Waals surface area contributed by atoms with Crippen LogP contribution in [0.4, 0.5) is 5.95 Å². The minimum atomic E-state index is -0.298. The smallest absolute Gasteiger partial charge is 0.277 e. The van der Waals surface area contributed by atoms with Crippen LogP contribution >= 0.6 is 15.9 Å². The van der Waals surface area contributed by atoms with Crippen molar-refractivity contribution in [3.8, 4) is 0 Å². The molecular weight excluding hydrogens is 360 g/mol. The van der Waals surface area contributed by atoms with Crippen molar-refractivity contribution in [2.24, 2.45) is 0 Å². The van der Waals surface area contributed by atoms with Gasteiger partial charge in [0.05, 0.1) is 17.2 Å². The summed E-state index contributed by atoms with van der Waals surface area (Å²) in [7, 11) is 0. The summed E-state index contributed by atoms with van der Waals surface area (Å²) in [6.07, 6.45) is 3.19. The molecule has 8 heteroatoms. The molecule has 3 rings (SSSR count). The molecule has 0 saturated carbocycles. The Bertz CT molecular complexity index is 810. The quantitative estimate of drug-likeness (QED) is 0.744. The first-order valence-electron chi connectivity index (χ1n) is 7.13. The van der Waals surface area contributed by atoms with Crippen LogP contribution in [0.2, 0.25) is 0 Å². The standard InChI is InChI=1S/C15H15BrN6O/c1-2-22-13(12(16)8-18-22)14(23)19-15-17-10-21(20-15)9-11-6-4-3-5-7-11/h3-8,10H,2,9H2,1H3,(H,19,20,23). The molecular formula is C15H15BrN6O. The van der Waals surface area contributed by atoms with Crippen molar-refractivity contribution in [3.05, 3.63) is 58.6 Å². The molecule has 0 bridgehead atoms. The average Bonchev–Trinajstić information content (AvgIpc) is 3.14. The third kappa shape index (κ3) is 3.48. The number of rotatable bonds is 5. The number of hydrogen-bond acceptors (Lipinski definition) is 4. The lowest BCUT2D eigenvalue weighted by molar-refractivity contribution is 0.101. The first kappa shape index (κ1) is 15.4. The van der Waals surface area contributed by atoms with Gasteiger partial charge in [0.15, 0.2) is 0 Å². The van der Waals surface area contributed by atoms with Crippen LogP contribution < -0.4 is 5.32 Å². The number of carbonyl (C=O) groups is 1.